The standard InChI is InChI=1S/C21H29N3O/c1-16-13-19(24-21(22)14-16)15-17-7-6-10-20(17)25-12-5-3-9-18-8-2-4-11-23-18/h2,4,8,11,13-14,17,20H,3,5-7,9-10,12,15H2,1H3,(H2,22,24)/t17-,20-/m0/s1. The molecule has 0 amide bonds. The minimum atomic E-state index is 0.374. The lowest BCUT2D eigenvalue weighted by Crippen LogP contribution is -2.21. The third-order valence-electron chi connectivity index (χ3n) is 4.99. The fourth-order valence-electron chi connectivity index (χ4n) is 3.79. The third kappa shape index (κ3) is 5.53. The van der Waals surface area contributed by atoms with Crippen molar-refractivity contribution >= 4 is 5.82 Å². The van der Waals surface area contributed by atoms with Crippen LogP contribution in [0, 0.1) is 12.8 Å². The summed E-state index contributed by atoms with van der Waals surface area (Å²) in [5, 5.41) is 0. The van der Waals surface area contributed by atoms with E-state index in [0.717, 1.165) is 38.0 Å². The molecule has 2 aromatic rings. The summed E-state index contributed by atoms with van der Waals surface area (Å²) in [5.74, 6) is 1.20. The van der Waals surface area contributed by atoms with Gasteiger partial charge in [0.25, 0.3) is 0 Å². The number of unbranched alkanes of at least 4 members (excludes halogenated alkanes) is 1. The molecule has 0 radical (unpaired) electrons. The number of anilines is 1. The second-order valence-corrected chi connectivity index (χ2v) is 7.14. The molecule has 25 heavy (non-hydrogen) atoms. The molecule has 3 rings (SSSR count). The van der Waals surface area contributed by atoms with Gasteiger partial charge >= 0.3 is 0 Å². The zero-order valence-corrected chi connectivity index (χ0v) is 15.2. The Hall–Kier alpha value is -1.94. The van der Waals surface area contributed by atoms with Crippen LogP contribution in [0.1, 0.15) is 49.1 Å². The van der Waals surface area contributed by atoms with Gasteiger partial charge in [-0.15, -0.1) is 0 Å². The first kappa shape index (κ1) is 17.9. The molecule has 1 aliphatic carbocycles. The van der Waals surface area contributed by atoms with E-state index in [1.165, 1.54) is 30.5 Å². The zero-order chi connectivity index (χ0) is 17.5. The summed E-state index contributed by atoms with van der Waals surface area (Å²) in [5.41, 5.74) is 9.35. The summed E-state index contributed by atoms with van der Waals surface area (Å²) in [6.07, 6.45) is 10.1. The number of ether oxygens (including phenoxy) is 1. The van der Waals surface area contributed by atoms with Crippen LogP contribution in [-0.2, 0) is 17.6 Å². The molecule has 0 unspecified atom stereocenters. The first-order valence-electron chi connectivity index (χ1n) is 9.45. The molecule has 1 fully saturated rings. The molecule has 134 valence electrons. The van der Waals surface area contributed by atoms with Crippen molar-refractivity contribution in [2.75, 3.05) is 12.3 Å². The van der Waals surface area contributed by atoms with Crippen LogP contribution in [0.5, 0.6) is 0 Å². The fraction of sp³-hybridized carbons (Fsp3) is 0.524. The lowest BCUT2D eigenvalue weighted by Gasteiger charge is -2.20. The molecule has 1 saturated carbocycles. The smallest absolute Gasteiger partial charge is 0.123 e. The molecule has 2 aromatic heterocycles. The SMILES string of the molecule is Cc1cc(N)nc(C[C@@H]2CCC[C@@H]2OCCCCc2ccccn2)c1. The van der Waals surface area contributed by atoms with Crippen molar-refractivity contribution in [3.63, 3.8) is 0 Å². The van der Waals surface area contributed by atoms with E-state index in [0.29, 0.717) is 17.8 Å². The van der Waals surface area contributed by atoms with Gasteiger partial charge in [-0.1, -0.05) is 12.5 Å². The van der Waals surface area contributed by atoms with Gasteiger partial charge in [0, 0.05) is 24.2 Å². The van der Waals surface area contributed by atoms with Crippen LogP contribution >= 0.6 is 0 Å². The van der Waals surface area contributed by atoms with Gasteiger partial charge < -0.3 is 10.5 Å². The van der Waals surface area contributed by atoms with Gasteiger partial charge in [0.15, 0.2) is 0 Å². The Morgan fingerprint density at radius 3 is 2.88 bits per heavy atom. The Morgan fingerprint density at radius 1 is 1.16 bits per heavy atom. The van der Waals surface area contributed by atoms with E-state index in [9.17, 15) is 0 Å². The van der Waals surface area contributed by atoms with E-state index in [4.69, 9.17) is 10.5 Å². The lowest BCUT2D eigenvalue weighted by molar-refractivity contribution is 0.0256. The molecule has 0 aliphatic heterocycles. The topological polar surface area (TPSA) is 61.0 Å². The van der Waals surface area contributed by atoms with Crippen molar-refractivity contribution in [1.29, 1.82) is 0 Å². The second-order valence-electron chi connectivity index (χ2n) is 7.14. The fourth-order valence-corrected chi connectivity index (χ4v) is 3.79. The van der Waals surface area contributed by atoms with E-state index in [1.807, 2.05) is 24.4 Å². The number of nitrogens with zero attached hydrogens (tertiary/aromatic N) is 2. The van der Waals surface area contributed by atoms with Crippen molar-refractivity contribution in [2.24, 2.45) is 5.92 Å². The van der Waals surface area contributed by atoms with Crippen LogP contribution in [0.2, 0.25) is 0 Å². The minimum Gasteiger partial charge on any atom is -0.384 e. The molecule has 2 N–H and O–H groups in total. The van der Waals surface area contributed by atoms with Crippen LogP contribution in [0.3, 0.4) is 0 Å². The van der Waals surface area contributed by atoms with E-state index in [-0.39, 0.29) is 0 Å². The first-order valence-corrected chi connectivity index (χ1v) is 9.45. The number of aryl methyl sites for hydroxylation is 2. The highest BCUT2D eigenvalue weighted by Gasteiger charge is 2.28. The summed E-state index contributed by atoms with van der Waals surface area (Å²) in [4.78, 5) is 8.86. The summed E-state index contributed by atoms with van der Waals surface area (Å²) in [6, 6.07) is 10.2. The Kier molecular flexibility index (Phi) is 6.40. The molecular formula is C21H29N3O. The Labute approximate surface area is 150 Å². The maximum atomic E-state index is 6.21. The molecule has 0 aromatic carbocycles. The van der Waals surface area contributed by atoms with E-state index >= 15 is 0 Å². The van der Waals surface area contributed by atoms with Crippen LogP contribution < -0.4 is 5.73 Å². The first-order chi connectivity index (χ1) is 12.2. The maximum absolute atomic E-state index is 6.21. The van der Waals surface area contributed by atoms with Crippen LogP contribution in [0.4, 0.5) is 5.82 Å². The summed E-state index contributed by atoms with van der Waals surface area (Å²) in [7, 11) is 0. The quantitative estimate of drug-likeness (QED) is 0.735. The monoisotopic (exact) mass is 339 g/mol. The van der Waals surface area contributed by atoms with Crippen LogP contribution in [-0.4, -0.2) is 22.7 Å². The summed E-state index contributed by atoms with van der Waals surface area (Å²) >= 11 is 0. The molecule has 1 aliphatic rings. The normalized spacial score (nSPS) is 20.0. The maximum Gasteiger partial charge on any atom is 0.123 e. The third-order valence-corrected chi connectivity index (χ3v) is 4.99. The number of nitrogen functional groups attached to an aromatic ring is 1. The number of hydrogen-bond donors (Lipinski definition) is 1. The van der Waals surface area contributed by atoms with Gasteiger partial charge in [-0.25, -0.2) is 4.98 Å². The number of aromatic nitrogens is 2. The Bertz CT molecular complexity index is 639. The molecule has 2 heterocycles. The average molecular weight is 339 g/mol. The summed E-state index contributed by atoms with van der Waals surface area (Å²) in [6.45, 7) is 2.92. The number of hydrogen-bond acceptors (Lipinski definition) is 4. The van der Waals surface area contributed by atoms with Gasteiger partial charge in [0.05, 0.1) is 6.10 Å². The van der Waals surface area contributed by atoms with Crippen LogP contribution in [0.25, 0.3) is 0 Å². The van der Waals surface area contributed by atoms with Crippen molar-refractivity contribution in [2.45, 2.75) is 58.0 Å². The van der Waals surface area contributed by atoms with Crippen molar-refractivity contribution in [1.82, 2.24) is 9.97 Å². The molecule has 0 spiro atoms. The lowest BCUT2D eigenvalue weighted by atomic mass is 9.98. The predicted molar refractivity (Wildman–Crippen MR) is 101 cm³/mol. The number of pyridine rings is 2. The van der Waals surface area contributed by atoms with E-state index in [2.05, 4.69) is 29.0 Å². The molecule has 4 heteroatoms. The molecule has 0 saturated heterocycles. The van der Waals surface area contributed by atoms with Crippen molar-refractivity contribution in [3.8, 4) is 0 Å². The van der Waals surface area contributed by atoms with Crippen molar-refractivity contribution < 1.29 is 4.74 Å². The van der Waals surface area contributed by atoms with Crippen molar-refractivity contribution in [3.05, 3.63) is 53.5 Å². The van der Waals surface area contributed by atoms with Crippen LogP contribution in [0.15, 0.2) is 36.5 Å². The van der Waals surface area contributed by atoms with Gasteiger partial charge in [0.2, 0.25) is 0 Å². The molecule has 4 nitrogen and oxygen atoms in total. The van der Waals surface area contributed by atoms with Gasteiger partial charge in [0.1, 0.15) is 5.82 Å². The molecular weight excluding hydrogens is 310 g/mol. The summed E-state index contributed by atoms with van der Waals surface area (Å²) < 4.78 is 6.21. The molecule has 2 atom stereocenters. The number of nitrogens with two attached hydrogens (primary N) is 1. The Balaban J connectivity index is 1.41. The highest BCUT2D eigenvalue weighted by atomic mass is 16.5. The Morgan fingerprint density at radius 2 is 2.08 bits per heavy atom. The van der Waals surface area contributed by atoms with Gasteiger partial charge in [-0.3, -0.25) is 4.98 Å². The predicted octanol–water partition coefficient (Wildman–Crippen LogP) is 4.12. The number of rotatable bonds is 8. The van der Waals surface area contributed by atoms with E-state index in [1.54, 1.807) is 0 Å². The van der Waals surface area contributed by atoms with E-state index < -0.39 is 0 Å². The highest BCUT2D eigenvalue weighted by molar-refractivity contribution is 5.34. The van der Waals surface area contributed by atoms with Gasteiger partial charge in [-0.2, -0.15) is 0 Å². The molecule has 0 bridgehead atoms. The zero-order valence-electron chi connectivity index (χ0n) is 15.2. The second kappa shape index (κ2) is 8.95. The van der Waals surface area contributed by atoms with Gasteiger partial charge in [-0.05, 0) is 81.2 Å². The highest BCUT2D eigenvalue weighted by Crippen LogP contribution is 2.31. The largest absolute Gasteiger partial charge is 0.384 e. The average Bonchev–Trinajstić information content (AvgIpc) is 3.01. The minimum absolute atomic E-state index is 0.374.